The molecule has 4 heteroatoms. The molecule has 0 aliphatic rings. The highest BCUT2D eigenvalue weighted by molar-refractivity contribution is 5.30. The first-order valence-electron chi connectivity index (χ1n) is 6.64. The van der Waals surface area contributed by atoms with E-state index in [9.17, 15) is 5.26 Å². The second kappa shape index (κ2) is 8.65. The van der Waals surface area contributed by atoms with Crippen LogP contribution in [-0.4, -0.2) is 26.4 Å². The highest BCUT2D eigenvalue weighted by Crippen LogP contribution is 2.17. The third-order valence-electron chi connectivity index (χ3n) is 2.83. The minimum absolute atomic E-state index is 0.171. The topological polar surface area (TPSA) is 68.3 Å². The van der Waals surface area contributed by atoms with Crippen LogP contribution in [0, 0.1) is 11.3 Å². The molecule has 0 amide bonds. The normalized spacial score (nSPS) is 13.7. The van der Waals surface area contributed by atoms with Gasteiger partial charge in [-0.2, -0.15) is 5.26 Å². The van der Waals surface area contributed by atoms with E-state index >= 15 is 0 Å². The van der Waals surface area contributed by atoms with Crippen LogP contribution in [0.4, 0.5) is 0 Å². The molecule has 104 valence electrons. The molecule has 0 spiro atoms. The van der Waals surface area contributed by atoms with Gasteiger partial charge >= 0.3 is 0 Å². The molecule has 0 aliphatic carbocycles. The number of nitrogens with two attached hydrogens (primary N) is 1. The van der Waals surface area contributed by atoms with Gasteiger partial charge in [-0.3, -0.25) is 0 Å². The molecule has 0 saturated carbocycles. The van der Waals surface area contributed by atoms with Gasteiger partial charge in [-0.25, -0.2) is 0 Å². The van der Waals surface area contributed by atoms with Gasteiger partial charge in [0.1, 0.15) is 0 Å². The monoisotopic (exact) mass is 262 g/mol. The Kier molecular flexibility index (Phi) is 7.12. The Labute approximate surface area is 115 Å². The van der Waals surface area contributed by atoms with Crippen molar-refractivity contribution in [3.05, 3.63) is 35.9 Å². The fraction of sp³-hybridized carbons (Fsp3) is 0.533. The molecule has 1 atom stereocenters. The summed E-state index contributed by atoms with van der Waals surface area (Å²) < 4.78 is 10.8. The van der Waals surface area contributed by atoms with E-state index in [2.05, 4.69) is 13.0 Å². The Balaban J connectivity index is 2.32. The molecule has 0 aromatic heterocycles. The minimum atomic E-state index is -1.09. The number of hydrogen-bond donors (Lipinski definition) is 1. The third-order valence-corrected chi connectivity index (χ3v) is 2.83. The summed E-state index contributed by atoms with van der Waals surface area (Å²) in [7, 11) is 0. The third kappa shape index (κ3) is 5.39. The fourth-order valence-electron chi connectivity index (χ4n) is 1.62. The van der Waals surface area contributed by atoms with Crippen LogP contribution in [0.2, 0.25) is 0 Å². The van der Waals surface area contributed by atoms with E-state index in [0.717, 1.165) is 25.0 Å². The van der Waals surface area contributed by atoms with Crippen molar-refractivity contribution in [3.8, 4) is 6.07 Å². The number of nitrogens with zero attached hydrogens (tertiary/aromatic N) is 1. The lowest BCUT2D eigenvalue weighted by Crippen LogP contribution is -2.40. The molecule has 1 aromatic carbocycles. The minimum Gasteiger partial charge on any atom is -0.379 e. The van der Waals surface area contributed by atoms with Crippen LogP contribution in [-0.2, 0) is 15.0 Å². The van der Waals surface area contributed by atoms with E-state index < -0.39 is 5.54 Å². The van der Waals surface area contributed by atoms with E-state index in [-0.39, 0.29) is 6.61 Å². The second-order valence-electron chi connectivity index (χ2n) is 4.47. The number of rotatable bonds is 9. The zero-order chi connectivity index (χ0) is 14.0. The largest absolute Gasteiger partial charge is 0.379 e. The molecule has 0 bridgehead atoms. The van der Waals surface area contributed by atoms with E-state index in [1.807, 2.05) is 30.3 Å². The van der Waals surface area contributed by atoms with Crippen LogP contribution < -0.4 is 5.73 Å². The predicted molar refractivity (Wildman–Crippen MR) is 74.5 cm³/mol. The molecule has 4 nitrogen and oxygen atoms in total. The van der Waals surface area contributed by atoms with E-state index in [0.29, 0.717) is 13.2 Å². The summed E-state index contributed by atoms with van der Waals surface area (Å²) in [6.07, 6.45) is 2.18. The average molecular weight is 262 g/mol. The van der Waals surface area contributed by atoms with Crippen molar-refractivity contribution >= 4 is 0 Å². The van der Waals surface area contributed by atoms with Crippen molar-refractivity contribution < 1.29 is 9.47 Å². The van der Waals surface area contributed by atoms with Gasteiger partial charge in [-0.05, 0) is 12.0 Å². The molecule has 19 heavy (non-hydrogen) atoms. The Bertz CT molecular complexity index is 389. The Hall–Kier alpha value is -1.41. The first-order chi connectivity index (χ1) is 9.23. The molecule has 0 heterocycles. The van der Waals surface area contributed by atoms with Crippen LogP contribution in [0.5, 0.6) is 0 Å². The predicted octanol–water partition coefficient (Wildman–Crippen LogP) is 2.20. The van der Waals surface area contributed by atoms with Gasteiger partial charge in [0.25, 0.3) is 0 Å². The summed E-state index contributed by atoms with van der Waals surface area (Å²) in [5, 5.41) is 9.23. The lowest BCUT2D eigenvalue weighted by Gasteiger charge is -2.21. The Morgan fingerprint density at radius 1 is 1.16 bits per heavy atom. The van der Waals surface area contributed by atoms with Gasteiger partial charge in [0.05, 0.1) is 25.9 Å². The number of benzene rings is 1. The van der Waals surface area contributed by atoms with Crippen LogP contribution in [0.3, 0.4) is 0 Å². The average Bonchev–Trinajstić information content (AvgIpc) is 2.47. The van der Waals surface area contributed by atoms with Gasteiger partial charge in [0, 0.05) is 6.61 Å². The first-order valence-corrected chi connectivity index (χ1v) is 6.64. The molecule has 1 unspecified atom stereocenters. The maximum absolute atomic E-state index is 9.23. The highest BCUT2D eigenvalue weighted by atomic mass is 16.5. The van der Waals surface area contributed by atoms with Gasteiger partial charge in [-0.15, -0.1) is 0 Å². The lowest BCUT2D eigenvalue weighted by atomic mass is 9.94. The van der Waals surface area contributed by atoms with Crippen molar-refractivity contribution in [3.63, 3.8) is 0 Å². The summed E-state index contributed by atoms with van der Waals surface area (Å²) >= 11 is 0. The summed E-state index contributed by atoms with van der Waals surface area (Å²) in [4.78, 5) is 0. The number of ether oxygens (including phenoxy) is 2. The molecule has 0 aliphatic heterocycles. The summed E-state index contributed by atoms with van der Waals surface area (Å²) in [6, 6.07) is 11.4. The van der Waals surface area contributed by atoms with Crippen molar-refractivity contribution in [2.45, 2.75) is 25.3 Å². The fourth-order valence-corrected chi connectivity index (χ4v) is 1.62. The second-order valence-corrected chi connectivity index (χ2v) is 4.47. The SMILES string of the molecule is CCCCOCCOCC(N)(C#N)c1ccccc1. The van der Waals surface area contributed by atoms with Crippen molar-refractivity contribution in [2.24, 2.45) is 5.73 Å². The molecule has 1 aromatic rings. The number of nitriles is 1. The van der Waals surface area contributed by atoms with E-state index in [1.54, 1.807) is 0 Å². The van der Waals surface area contributed by atoms with Crippen LogP contribution in [0.25, 0.3) is 0 Å². The van der Waals surface area contributed by atoms with E-state index in [1.165, 1.54) is 0 Å². The zero-order valence-corrected chi connectivity index (χ0v) is 11.5. The van der Waals surface area contributed by atoms with Crippen LogP contribution in [0.15, 0.2) is 30.3 Å². The molecule has 1 rings (SSSR count). The number of unbranched alkanes of at least 4 members (excludes halogenated alkanes) is 1. The summed E-state index contributed by atoms with van der Waals surface area (Å²) in [6.45, 7) is 4.04. The van der Waals surface area contributed by atoms with Crippen molar-refractivity contribution in [2.75, 3.05) is 26.4 Å². The smallest absolute Gasteiger partial charge is 0.153 e. The summed E-state index contributed by atoms with van der Waals surface area (Å²) in [5.74, 6) is 0. The van der Waals surface area contributed by atoms with Gasteiger partial charge in [0.2, 0.25) is 0 Å². The maximum Gasteiger partial charge on any atom is 0.153 e. The van der Waals surface area contributed by atoms with Crippen LogP contribution >= 0.6 is 0 Å². The van der Waals surface area contributed by atoms with Gasteiger partial charge in [0.15, 0.2) is 5.54 Å². The van der Waals surface area contributed by atoms with Crippen LogP contribution in [0.1, 0.15) is 25.3 Å². The van der Waals surface area contributed by atoms with Gasteiger partial charge < -0.3 is 15.2 Å². The van der Waals surface area contributed by atoms with Crippen molar-refractivity contribution in [1.29, 1.82) is 5.26 Å². The Morgan fingerprint density at radius 3 is 2.47 bits per heavy atom. The molecule has 0 radical (unpaired) electrons. The van der Waals surface area contributed by atoms with Crippen molar-refractivity contribution in [1.82, 2.24) is 0 Å². The quantitative estimate of drug-likeness (QED) is 0.693. The molecular weight excluding hydrogens is 240 g/mol. The molecule has 2 N–H and O–H groups in total. The Morgan fingerprint density at radius 2 is 1.84 bits per heavy atom. The van der Waals surface area contributed by atoms with Gasteiger partial charge in [-0.1, -0.05) is 43.7 Å². The molecular formula is C15H22N2O2. The lowest BCUT2D eigenvalue weighted by molar-refractivity contribution is 0.0337. The summed E-state index contributed by atoms with van der Waals surface area (Å²) in [5.41, 5.74) is 5.73. The number of hydrogen-bond acceptors (Lipinski definition) is 4. The maximum atomic E-state index is 9.23. The standard InChI is InChI=1S/C15H22N2O2/c1-2-3-9-18-10-11-19-13-15(17,12-16)14-7-5-4-6-8-14/h4-8H,2-3,9-11,13,17H2,1H3. The van der Waals surface area contributed by atoms with E-state index in [4.69, 9.17) is 15.2 Å². The first kappa shape index (κ1) is 15.6. The molecule has 0 fully saturated rings. The molecule has 0 saturated heterocycles. The zero-order valence-electron chi connectivity index (χ0n) is 11.5. The highest BCUT2D eigenvalue weighted by Gasteiger charge is 2.27.